The maximum absolute atomic E-state index is 11.9. The number of hydrogen-bond donors (Lipinski definition) is 1. The number of nitrogens with zero attached hydrogens (tertiary/aromatic N) is 1. The van der Waals surface area contributed by atoms with Gasteiger partial charge in [-0.15, -0.1) is 0 Å². The van der Waals surface area contributed by atoms with Crippen molar-refractivity contribution in [3.63, 3.8) is 0 Å². The summed E-state index contributed by atoms with van der Waals surface area (Å²) >= 11 is 0. The number of anilines is 2. The van der Waals surface area contributed by atoms with Gasteiger partial charge in [-0.05, 0) is 12.1 Å². The monoisotopic (exact) mass is 220 g/mol. The molecular weight excluding hydrogens is 204 g/mol. The van der Waals surface area contributed by atoms with Gasteiger partial charge in [0.25, 0.3) is 0 Å². The third kappa shape index (κ3) is 2.17. The number of ether oxygens (including phenoxy) is 1. The van der Waals surface area contributed by atoms with Crippen molar-refractivity contribution in [1.82, 2.24) is 0 Å². The average molecular weight is 220 g/mol. The molecular formula is C12H16N2O2. The van der Waals surface area contributed by atoms with E-state index >= 15 is 0 Å². The molecule has 0 saturated heterocycles. The van der Waals surface area contributed by atoms with Crippen LogP contribution in [0.5, 0.6) is 0 Å². The summed E-state index contributed by atoms with van der Waals surface area (Å²) in [5, 5.41) is 3.26. The molecule has 1 amide bonds. The number of carbonyl (C=O) groups excluding carboxylic acids is 1. The quantitative estimate of drug-likeness (QED) is 0.839. The Hall–Kier alpha value is -1.55. The second-order valence-corrected chi connectivity index (χ2v) is 3.73. The standard InChI is InChI=1S/C12H16N2O2/c1-16-9-8-14-11-5-3-2-4-10(11)13-7-6-12(14)15/h2-5,13H,6-9H2,1H3. The van der Waals surface area contributed by atoms with Crippen LogP contribution in [0.3, 0.4) is 0 Å². The van der Waals surface area contributed by atoms with Crippen molar-refractivity contribution in [2.75, 3.05) is 37.0 Å². The molecule has 16 heavy (non-hydrogen) atoms. The summed E-state index contributed by atoms with van der Waals surface area (Å²) in [5.41, 5.74) is 1.96. The van der Waals surface area contributed by atoms with Crippen molar-refractivity contribution >= 4 is 17.3 Å². The first-order valence-corrected chi connectivity index (χ1v) is 5.45. The lowest BCUT2D eigenvalue weighted by Gasteiger charge is -2.21. The number of amides is 1. The van der Waals surface area contributed by atoms with Gasteiger partial charge in [-0.25, -0.2) is 0 Å². The predicted molar refractivity (Wildman–Crippen MR) is 63.8 cm³/mol. The molecule has 1 N–H and O–H groups in total. The highest BCUT2D eigenvalue weighted by atomic mass is 16.5. The van der Waals surface area contributed by atoms with Gasteiger partial charge in [0.05, 0.1) is 18.0 Å². The topological polar surface area (TPSA) is 41.6 Å². The molecule has 0 fully saturated rings. The summed E-state index contributed by atoms with van der Waals surface area (Å²) in [6.45, 7) is 1.85. The number of benzene rings is 1. The zero-order valence-corrected chi connectivity index (χ0v) is 9.40. The Morgan fingerprint density at radius 1 is 1.44 bits per heavy atom. The van der Waals surface area contributed by atoms with Gasteiger partial charge < -0.3 is 15.0 Å². The van der Waals surface area contributed by atoms with Crippen LogP contribution in [0.4, 0.5) is 11.4 Å². The van der Waals surface area contributed by atoms with Crippen LogP contribution in [0, 0.1) is 0 Å². The Bertz CT molecular complexity index is 379. The summed E-state index contributed by atoms with van der Waals surface area (Å²) in [6.07, 6.45) is 0.526. The zero-order valence-electron chi connectivity index (χ0n) is 9.40. The van der Waals surface area contributed by atoms with Crippen LogP contribution in [0.15, 0.2) is 24.3 Å². The number of carbonyl (C=O) groups is 1. The number of rotatable bonds is 3. The van der Waals surface area contributed by atoms with Gasteiger partial charge in [-0.3, -0.25) is 4.79 Å². The molecule has 1 heterocycles. The van der Waals surface area contributed by atoms with Gasteiger partial charge in [0.2, 0.25) is 5.91 Å². The lowest BCUT2D eigenvalue weighted by molar-refractivity contribution is -0.118. The van der Waals surface area contributed by atoms with Crippen molar-refractivity contribution in [3.8, 4) is 0 Å². The van der Waals surface area contributed by atoms with E-state index in [0.717, 1.165) is 11.4 Å². The highest BCUT2D eigenvalue weighted by Gasteiger charge is 2.20. The highest BCUT2D eigenvalue weighted by Crippen LogP contribution is 2.28. The van der Waals surface area contributed by atoms with E-state index < -0.39 is 0 Å². The SMILES string of the molecule is COCCN1C(=O)CCNc2ccccc21. The predicted octanol–water partition coefficient (Wildman–Crippen LogP) is 1.48. The molecule has 1 aliphatic heterocycles. The van der Waals surface area contributed by atoms with Crippen molar-refractivity contribution in [3.05, 3.63) is 24.3 Å². The number of hydrogen-bond acceptors (Lipinski definition) is 3. The Morgan fingerprint density at radius 2 is 2.25 bits per heavy atom. The van der Waals surface area contributed by atoms with Gasteiger partial charge in [0.15, 0.2) is 0 Å². The number of para-hydroxylation sites is 2. The van der Waals surface area contributed by atoms with E-state index in [4.69, 9.17) is 4.74 Å². The highest BCUT2D eigenvalue weighted by molar-refractivity contribution is 5.98. The molecule has 0 unspecified atom stereocenters. The molecule has 2 rings (SSSR count). The first kappa shape index (κ1) is 11.0. The molecule has 4 nitrogen and oxygen atoms in total. The minimum absolute atomic E-state index is 0.148. The molecule has 4 heteroatoms. The number of fused-ring (bicyclic) bond motifs is 1. The fourth-order valence-electron chi connectivity index (χ4n) is 1.86. The maximum Gasteiger partial charge on any atom is 0.228 e. The molecule has 0 aromatic heterocycles. The second kappa shape index (κ2) is 4.99. The largest absolute Gasteiger partial charge is 0.383 e. The van der Waals surface area contributed by atoms with Crippen LogP contribution in [0.25, 0.3) is 0 Å². The third-order valence-electron chi connectivity index (χ3n) is 2.67. The van der Waals surface area contributed by atoms with Crippen molar-refractivity contribution in [2.45, 2.75) is 6.42 Å². The third-order valence-corrected chi connectivity index (χ3v) is 2.67. The molecule has 1 aromatic rings. The number of nitrogens with one attached hydrogen (secondary N) is 1. The fraction of sp³-hybridized carbons (Fsp3) is 0.417. The van der Waals surface area contributed by atoms with Gasteiger partial charge in [0, 0.05) is 26.6 Å². The minimum atomic E-state index is 0.148. The van der Waals surface area contributed by atoms with Gasteiger partial charge in [0.1, 0.15) is 0 Å². The maximum atomic E-state index is 11.9. The molecule has 86 valence electrons. The number of methoxy groups -OCH3 is 1. The fourth-order valence-corrected chi connectivity index (χ4v) is 1.86. The Balaban J connectivity index is 2.28. The van der Waals surface area contributed by atoms with Crippen molar-refractivity contribution in [1.29, 1.82) is 0 Å². The van der Waals surface area contributed by atoms with E-state index in [1.54, 1.807) is 12.0 Å². The van der Waals surface area contributed by atoms with Crippen molar-refractivity contribution in [2.24, 2.45) is 0 Å². The van der Waals surface area contributed by atoms with E-state index in [-0.39, 0.29) is 5.91 Å². The van der Waals surface area contributed by atoms with Gasteiger partial charge in [-0.2, -0.15) is 0 Å². The molecule has 0 bridgehead atoms. The Morgan fingerprint density at radius 3 is 3.06 bits per heavy atom. The average Bonchev–Trinajstić information content (AvgIpc) is 2.46. The summed E-state index contributed by atoms with van der Waals surface area (Å²) in [7, 11) is 1.65. The first-order valence-electron chi connectivity index (χ1n) is 5.45. The van der Waals surface area contributed by atoms with E-state index in [2.05, 4.69) is 5.32 Å². The summed E-state index contributed by atoms with van der Waals surface area (Å²) in [4.78, 5) is 13.7. The molecule has 1 aliphatic rings. The van der Waals surface area contributed by atoms with E-state index in [1.165, 1.54) is 0 Å². The summed E-state index contributed by atoms with van der Waals surface area (Å²) in [5.74, 6) is 0.148. The lowest BCUT2D eigenvalue weighted by atomic mass is 10.2. The second-order valence-electron chi connectivity index (χ2n) is 3.73. The summed E-state index contributed by atoms with van der Waals surface area (Å²) in [6, 6.07) is 7.87. The first-order chi connectivity index (χ1) is 7.83. The van der Waals surface area contributed by atoms with Gasteiger partial charge in [-0.1, -0.05) is 12.1 Å². The smallest absolute Gasteiger partial charge is 0.228 e. The molecule has 0 atom stereocenters. The van der Waals surface area contributed by atoms with Crippen LogP contribution >= 0.6 is 0 Å². The van der Waals surface area contributed by atoms with Crippen LogP contribution in [0.2, 0.25) is 0 Å². The van der Waals surface area contributed by atoms with Crippen LogP contribution in [-0.2, 0) is 9.53 Å². The van der Waals surface area contributed by atoms with E-state index in [1.807, 2.05) is 24.3 Å². The van der Waals surface area contributed by atoms with E-state index in [0.29, 0.717) is 26.1 Å². The molecule has 0 saturated carbocycles. The van der Waals surface area contributed by atoms with Crippen molar-refractivity contribution < 1.29 is 9.53 Å². The molecule has 0 aliphatic carbocycles. The Labute approximate surface area is 95.2 Å². The summed E-state index contributed by atoms with van der Waals surface area (Å²) < 4.78 is 5.03. The minimum Gasteiger partial charge on any atom is -0.383 e. The molecule has 0 radical (unpaired) electrons. The van der Waals surface area contributed by atoms with Crippen LogP contribution in [0.1, 0.15) is 6.42 Å². The van der Waals surface area contributed by atoms with E-state index in [9.17, 15) is 4.79 Å². The van der Waals surface area contributed by atoms with Crippen LogP contribution in [-0.4, -0.2) is 32.7 Å². The molecule has 1 aromatic carbocycles. The Kier molecular flexibility index (Phi) is 3.41. The van der Waals surface area contributed by atoms with Crippen LogP contribution < -0.4 is 10.2 Å². The lowest BCUT2D eigenvalue weighted by Crippen LogP contribution is -2.33. The molecule has 0 spiro atoms. The zero-order chi connectivity index (χ0) is 11.4. The normalized spacial score (nSPS) is 15.3. The van der Waals surface area contributed by atoms with Gasteiger partial charge >= 0.3 is 0 Å².